The molecule has 1 N–H and O–H groups in total. The molecular weight excluding hydrogens is 280 g/mol. The van der Waals surface area contributed by atoms with E-state index < -0.39 is 5.97 Å². The highest BCUT2D eigenvalue weighted by Crippen LogP contribution is 2.18. The number of carbonyl (C=O) groups is 2. The number of amides is 1. The van der Waals surface area contributed by atoms with E-state index >= 15 is 0 Å². The fraction of sp³-hybridized carbons (Fsp3) is 0.294. The molecule has 22 heavy (non-hydrogen) atoms. The van der Waals surface area contributed by atoms with Crippen LogP contribution in [-0.2, 0) is 11.3 Å². The lowest BCUT2D eigenvalue weighted by molar-refractivity contribution is -0.137. The maximum absolute atomic E-state index is 12.4. The van der Waals surface area contributed by atoms with Crippen molar-refractivity contribution in [3.05, 3.63) is 58.9 Å². The summed E-state index contributed by atoms with van der Waals surface area (Å²) < 4.78 is 2.07. The zero-order chi connectivity index (χ0) is 16.3. The molecule has 0 bridgehead atoms. The second-order valence-electron chi connectivity index (χ2n) is 5.41. The van der Waals surface area contributed by atoms with E-state index in [1.165, 1.54) is 11.9 Å². The zero-order valence-electron chi connectivity index (χ0n) is 13.0. The molecule has 0 saturated carbocycles. The first-order chi connectivity index (χ1) is 10.4. The van der Waals surface area contributed by atoms with Crippen LogP contribution in [0.1, 0.15) is 27.3 Å². The van der Waals surface area contributed by atoms with Crippen molar-refractivity contribution in [2.75, 3.05) is 13.6 Å². The summed E-state index contributed by atoms with van der Waals surface area (Å²) in [5, 5.41) is 8.80. The van der Waals surface area contributed by atoms with E-state index in [0.29, 0.717) is 12.1 Å². The Labute approximate surface area is 129 Å². The molecule has 0 saturated heterocycles. The number of rotatable bonds is 5. The number of likely N-dealkylation sites (N-methyl/N-ethyl adjacent to an activating group) is 1. The van der Waals surface area contributed by atoms with Crippen LogP contribution >= 0.6 is 0 Å². The third-order valence-corrected chi connectivity index (χ3v) is 3.71. The molecule has 0 aliphatic rings. The Hall–Kier alpha value is -2.56. The number of hydrogen-bond acceptors (Lipinski definition) is 2. The minimum atomic E-state index is -1.02. The monoisotopic (exact) mass is 300 g/mol. The average molecular weight is 300 g/mol. The largest absolute Gasteiger partial charge is 0.480 e. The molecule has 0 atom stereocenters. The van der Waals surface area contributed by atoms with Gasteiger partial charge in [0.1, 0.15) is 6.54 Å². The van der Waals surface area contributed by atoms with Gasteiger partial charge in [-0.3, -0.25) is 9.59 Å². The summed E-state index contributed by atoms with van der Waals surface area (Å²) in [6.07, 6.45) is 0. The van der Waals surface area contributed by atoms with Crippen LogP contribution in [0.4, 0.5) is 0 Å². The minimum Gasteiger partial charge on any atom is -0.480 e. The van der Waals surface area contributed by atoms with Crippen LogP contribution in [0.25, 0.3) is 0 Å². The van der Waals surface area contributed by atoms with E-state index in [1.807, 2.05) is 50.2 Å². The maximum Gasteiger partial charge on any atom is 0.323 e. The molecule has 0 radical (unpaired) electrons. The Morgan fingerprint density at radius 1 is 1.18 bits per heavy atom. The Bertz CT molecular complexity index is 689. The smallest absolute Gasteiger partial charge is 0.323 e. The van der Waals surface area contributed by atoms with Crippen LogP contribution in [0.2, 0.25) is 0 Å². The highest BCUT2D eigenvalue weighted by molar-refractivity contribution is 5.97. The summed E-state index contributed by atoms with van der Waals surface area (Å²) in [6.45, 7) is 4.22. The van der Waals surface area contributed by atoms with Gasteiger partial charge >= 0.3 is 5.97 Å². The van der Waals surface area contributed by atoms with Crippen molar-refractivity contribution in [1.82, 2.24) is 9.47 Å². The normalized spacial score (nSPS) is 10.5. The maximum atomic E-state index is 12.4. The third kappa shape index (κ3) is 3.36. The molecule has 0 spiro atoms. The van der Waals surface area contributed by atoms with Gasteiger partial charge in [-0.25, -0.2) is 0 Å². The molecule has 0 unspecified atom stereocenters. The van der Waals surface area contributed by atoms with Crippen molar-refractivity contribution < 1.29 is 14.7 Å². The van der Waals surface area contributed by atoms with Gasteiger partial charge in [-0.1, -0.05) is 30.3 Å². The lowest BCUT2D eigenvalue weighted by Gasteiger charge is -2.15. The first-order valence-electron chi connectivity index (χ1n) is 7.08. The lowest BCUT2D eigenvalue weighted by Crippen LogP contribution is -2.32. The molecule has 2 rings (SSSR count). The Kier molecular flexibility index (Phi) is 4.65. The quantitative estimate of drug-likeness (QED) is 0.921. The van der Waals surface area contributed by atoms with Crippen LogP contribution in [0.3, 0.4) is 0 Å². The van der Waals surface area contributed by atoms with Crippen LogP contribution in [-0.4, -0.2) is 40.0 Å². The topological polar surface area (TPSA) is 62.5 Å². The molecule has 1 heterocycles. The van der Waals surface area contributed by atoms with Gasteiger partial charge in [-0.2, -0.15) is 0 Å². The van der Waals surface area contributed by atoms with E-state index in [4.69, 9.17) is 5.11 Å². The summed E-state index contributed by atoms with van der Waals surface area (Å²) in [6, 6.07) is 11.8. The molecule has 2 aromatic rings. The second kappa shape index (κ2) is 6.47. The van der Waals surface area contributed by atoms with Crippen molar-refractivity contribution in [3.8, 4) is 0 Å². The summed E-state index contributed by atoms with van der Waals surface area (Å²) in [5.74, 6) is -1.29. The fourth-order valence-corrected chi connectivity index (χ4v) is 2.51. The third-order valence-electron chi connectivity index (χ3n) is 3.71. The van der Waals surface area contributed by atoms with E-state index in [9.17, 15) is 9.59 Å². The number of aliphatic carboxylic acids is 1. The van der Waals surface area contributed by atoms with Crippen LogP contribution in [0.15, 0.2) is 36.4 Å². The standard InChI is InChI=1S/C17H20N2O3/c1-12-9-15(17(22)18(3)11-16(20)21)13(2)19(12)10-14-7-5-4-6-8-14/h4-9H,10-11H2,1-3H3,(H,20,21). The summed E-state index contributed by atoms with van der Waals surface area (Å²) >= 11 is 0. The molecule has 1 aromatic carbocycles. The van der Waals surface area contributed by atoms with E-state index in [1.54, 1.807) is 0 Å². The molecule has 0 fully saturated rings. The molecule has 1 amide bonds. The first-order valence-corrected chi connectivity index (χ1v) is 7.08. The van der Waals surface area contributed by atoms with Gasteiger partial charge in [0, 0.05) is 25.0 Å². The van der Waals surface area contributed by atoms with Gasteiger partial charge in [0.2, 0.25) is 0 Å². The van der Waals surface area contributed by atoms with Crippen molar-refractivity contribution >= 4 is 11.9 Å². The zero-order valence-corrected chi connectivity index (χ0v) is 13.0. The number of aryl methyl sites for hydroxylation is 1. The molecule has 5 heteroatoms. The van der Waals surface area contributed by atoms with Gasteiger partial charge in [-0.15, -0.1) is 0 Å². The highest BCUT2D eigenvalue weighted by atomic mass is 16.4. The molecule has 0 aliphatic carbocycles. The van der Waals surface area contributed by atoms with Crippen molar-refractivity contribution in [2.45, 2.75) is 20.4 Å². The molecular formula is C17H20N2O3. The summed E-state index contributed by atoms with van der Waals surface area (Å²) in [4.78, 5) is 24.3. The number of nitrogens with zero attached hydrogens (tertiary/aromatic N) is 2. The predicted octanol–water partition coefficient (Wildman–Crippen LogP) is 2.31. The molecule has 116 valence electrons. The number of benzene rings is 1. The number of carbonyl (C=O) groups excluding carboxylic acids is 1. The van der Waals surface area contributed by atoms with E-state index in [-0.39, 0.29) is 12.5 Å². The summed E-state index contributed by atoms with van der Waals surface area (Å²) in [5.41, 5.74) is 3.54. The van der Waals surface area contributed by atoms with Gasteiger partial charge in [-0.05, 0) is 25.5 Å². The highest BCUT2D eigenvalue weighted by Gasteiger charge is 2.20. The van der Waals surface area contributed by atoms with Crippen molar-refractivity contribution in [1.29, 1.82) is 0 Å². The number of hydrogen-bond donors (Lipinski definition) is 1. The van der Waals surface area contributed by atoms with Crippen LogP contribution < -0.4 is 0 Å². The Morgan fingerprint density at radius 3 is 2.41 bits per heavy atom. The average Bonchev–Trinajstić information content (AvgIpc) is 2.75. The lowest BCUT2D eigenvalue weighted by atomic mass is 10.2. The number of carboxylic acids is 1. The SMILES string of the molecule is Cc1cc(C(=O)N(C)CC(=O)O)c(C)n1Cc1ccccc1. The molecule has 0 aliphatic heterocycles. The van der Waals surface area contributed by atoms with E-state index in [0.717, 1.165) is 17.0 Å². The van der Waals surface area contributed by atoms with E-state index in [2.05, 4.69) is 4.57 Å². The number of carboxylic acid groups (broad SMARTS) is 1. The predicted molar refractivity (Wildman–Crippen MR) is 84.0 cm³/mol. The van der Waals surface area contributed by atoms with Gasteiger partial charge in [0.15, 0.2) is 0 Å². The minimum absolute atomic E-state index is 0.269. The molecule has 1 aromatic heterocycles. The number of aromatic nitrogens is 1. The first kappa shape index (κ1) is 15.8. The Balaban J connectivity index is 2.27. The second-order valence-corrected chi connectivity index (χ2v) is 5.41. The summed E-state index contributed by atoms with van der Waals surface area (Å²) in [7, 11) is 1.50. The van der Waals surface area contributed by atoms with Gasteiger partial charge in [0.05, 0.1) is 5.56 Å². The fourth-order valence-electron chi connectivity index (χ4n) is 2.51. The van der Waals surface area contributed by atoms with Gasteiger partial charge < -0.3 is 14.6 Å². The van der Waals surface area contributed by atoms with Gasteiger partial charge in [0.25, 0.3) is 5.91 Å². The van der Waals surface area contributed by atoms with Crippen molar-refractivity contribution in [3.63, 3.8) is 0 Å². The Morgan fingerprint density at radius 2 is 1.82 bits per heavy atom. The van der Waals surface area contributed by atoms with Crippen LogP contribution in [0.5, 0.6) is 0 Å². The van der Waals surface area contributed by atoms with Crippen LogP contribution in [0, 0.1) is 13.8 Å². The molecule has 5 nitrogen and oxygen atoms in total. The van der Waals surface area contributed by atoms with Crippen molar-refractivity contribution in [2.24, 2.45) is 0 Å².